The molecule has 0 aliphatic carbocycles. The lowest BCUT2D eigenvalue weighted by Crippen LogP contribution is -2.60. The predicted molar refractivity (Wildman–Crippen MR) is 246 cm³/mol. The van der Waals surface area contributed by atoms with Gasteiger partial charge in [-0.25, -0.2) is 0 Å². The summed E-state index contributed by atoms with van der Waals surface area (Å²) in [6, 6.07) is -0.974. The predicted octanol–water partition coefficient (Wildman–Crippen LogP) is 10.3. The van der Waals surface area contributed by atoms with Crippen LogP contribution in [-0.2, 0) is 14.3 Å². The minimum Gasteiger partial charge on any atom is -0.394 e. The van der Waals surface area contributed by atoms with Crippen LogP contribution in [0.3, 0.4) is 0 Å². The third-order valence-electron chi connectivity index (χ3n) is 12.5. The van der Waals surface area contributed by atoms with E-state index in [1.54, 1.807) is 6.08 Å². The summed E-state index contributed by atoms with van der Waals surface area (Å²) >= 11 is 0. The summed E-state index contributed by atoms with van der Waals surface area (Å²) in [5, 5.41) is 64.8. The summed E-state index contributed by atoms with van der Waals surface area (Å²) in [6.45, 7) is 3.62. The van der Waals surface area contributed by atoms with E-state index in [9.17, 15) is 35.4 Å². The number of carbonyl (C=O) groups is 1. The van der Waals surface area contributed by atoms with Gasteiger partial charge in [0.05, 0.1) is 25.4 Å². The van der Waals surface area contributed by atoms with Crippen LogP contribution in [0.5, 0.6) is 0 Å². The molecular formula is C50H97NO9. The highest BCUT2D eigenvalue weighted by Crippen LogP contribution is 2.23. The Hall–Kier alpha value is -1.11. The van der Waals surface area contributed by atoms with E-state index in [1.807, 2.05) is 6.08 Å². The van der Waals surface area contributed by atoms with Crippen LogP contribution in [0.15, 0.2) is 12.2 Å². The van der Waals surface area contributed by atoms with Gasteiger partial charge in [-0.1, -0.05) is 231 Å². The van der Waals surface area contributed by atoms with Crippen molar-refractivity contribution in [2.24, 2.45) is 0 Å². The van der Waals surface area contributed by atoms with Gasteiger partial charge in [0, 0.05) is 0 Å². The Balaban J connectivity index is 2.30. The molecule has 0 aromatic heterocycles. The van der Waals surface area contributed by atoms with E-state index in [4.69, 9.17) is 9.47 Å². The summed E-state index contributed by atoms with van der Waals surface area (Å²) in [5.74, 6) is -0.612. The maximum Gasteiger partial charge on any atom is 0.249 e. The summed E-state index contributed by atoms with van der Waals surface area (Å²) in [4.78, 5) is 13.1. The number of allylic oxidation sites excluding steroid dienone is 1. The Bertz CT molecular complexity index is 968. The number of nitrogens with one attached hydrogen (secondary N) is 1. The van der Waals surface area contributed by atoms with Gasteiger partial charge in [0.25, 0.3) is 0 Å². The molecule has 1 aliphatic heterocycles. The van der Waals surface area contributed by atoms with E-state index in [1.165, 1.54) is 173 Å². The molecule has 356 valence electrons. The largest absolute Gasteiger partial charge is 0.394 e. The van der Waals surface area contributed by atoms with E-state index < -0.39 is 61.5 Å². The van der Waals surface area contributed by atoms with Crippen LogP contribution < -0.4 is 5.32 Å². The van der Waals surface area contributed by atoms with Gasteiger partial charge in [-0.2, -0.15) is 0 Å². The maximum atomic E-state index is 13.1. The molecule has 7 N–H and O–H groups in total. The molecule has 0 radical (unpaired) electrons. The van der Waals surface area contributed by atoms with E-state index in [0.717, 1.165) is 44.9 Å². The molecule has 1 saturated heterocycles. The zero-order valence-electron chi connectivity index (χ0n) is 38.8. The first-order valence-corrected chi connectivity index (χ1v) is 25.5. The SMILES string of the molecule is CCCCCCCCCCCCC/C=C/C(O)C(COC1OC(CO)C(O)C(O)C1O)NC(=O)C(O)CCCCCCCCCCCCCCCCCCCCCCCC. The minimum atomic E-state index is -1.61. The third-order valence-corrected chi connectivity index (χ3v) is 12.5. The van der Waals surface area contributed by atoms with Crippen molar-refractivity contribution in [1.82, 2.24) is 5.32 Å². The van der Waals surface area contributed by atoms with Crippen molar-refractivity contribution in [2.75, 3.05) is 13.2 Å². The quantitative estimate of drug-likeness (QED) is 0.0233. The van der Waals surface area contributed by atoms with Crippen molar-refractivity contribution in [2.45, 2.75) is 288 Å². The number of amides is 1. The van der Waals surface area contributed by atoms with Crippen molar-refractivity contribution >= 4 is 5.91 Å². The monoisotopic (exact) mass is 856 g/mol. The molecular weight excluding hydrogens is 759 g/mol. The highest BCUT2D eigenvalue weighted by Gasteiger charge is 2.44. The molecule has 1 fully saturated rings. The zero-order chi connectivity index (χ0) is 43.9. The molecule has 10 heteroatoms. The van der Waals surface area contributed by atoms with Gasteiger partial charge in [-0.05, 0) is 19.3 Å². The van der Waals surface area contributed by atoms with Gasteiger partial charge in [-0.3, -0.25) is 4.79 Å². The van der Waals surface area contributed by atoms with E-state index in [-0.39, 0.29) is 6.61 Å². The highest BCUT2D eigenvalue weighted by molar-refractivity contribution is 5.80. The fourth-order valence-corrected chi connectivity index (χ4v) is 8.28. The lowest BCUT2D eigenvalue weighted by atomic mass is 9.99. The molecule has 8 atom stereocenters. The maximum absolute atomic E-state index is 13.1. The van der Waals surface area contributed by atoms with Gasteiger partial charge in [-0.15, -0.1) is 0 Å². The van der Waals surface area contributed by atoms with Crippen molar-refractivity contribution < 1.29 is 44.9 Å². The third kappa shape index (κ3) is 30.1. The number of unbranched alkanes of at least 4 members (excludes halogenated alkanes) is 32. The van der Waals surface area contributed by atoms with Gasteiger partial charge < -0.3 is 45.4 Å². The van der Waals surface area contributed by atoms with Crippen LogP contribution in [0.25, 0.3) is 0 Å². The zero-order valence-corrected chi connectivity index (χ0v) is 38.8. The Labute approximate surface area is 368 Å². The Morgan fingerprint density at radius 1 is 0.567 bits per heavy atom. The van der Waals surface area contributed by atoms with Crippen molar-refractivity contribution in [3.05, 3.63) is 12.2 Å². The number of hydrogen-bond acceptors (Lipinski definition) is 9. The molecule has 1 rings (SSSR count). The van der Waals surface area contributed by atoms with E-state index >= 15 is 0 Å². The smallest absolute Gasteiger partial charge is 0.249 e. The average Bonchev–Trinajstić information content (AvgIpc) is 3.25. The van der Waals surface area contributed by atoms with Crippen LogP contribution in [0.1, 0.15) is 239 Å². The average molecular weight is 856 g/mol. The second-order valence-corrected chi connectivity index (χ2v) is 18.1. The Kier molecular flexibility index (Phi) is 38.6. The summed E-state index contributed by atoms with van der Waals surface area (Å²) in [7, 11) is 0. The molecule has 0 aromatic carbocycles. The molecule has 1 aliphatic rings. The summed E-state index contributed by atoms with van der Waals surface area (Å²) in [5.41, 5.74) is 0. The lowest BCUT2D eigenvalue weighted by Gasteiger charge is -2.40. The van der Waals surface area contributed by atoms with Gasteiger partial charge >= 0.3 is 0 Å². The normalized spacial score (nSPS) is 21.1. The minimum absolute atomic E-state index is 0.301. The molecule has 0 bridgehead atoms. The van der Waals surface area contributed by atoms with Crippen LogP contribution in [0.2, 0.25) is 0 Å². The molecule has 0 spiro atoms. The fourth-order valence-electron chi connectivity index (χ4n) is 8.28. The van der Waals surface area contributed by atoms with Gasteiger partial charge in [0.2, 0.25) is 5.91 Å². The molecule has 1 heterocycles. The molecule has 10 nitrogen and oxygen atoms in total. The first kappa shape index (κ1) is 56.9. The number of ether oxygens (including phenoxy) is 2. The van der Waals surface area contributed by atoms with Crippen molar-refractivity contribution in [1.29, 1.82) is 0 Å². The number of aliphatic hydroxyl groups is 6. The first-order chi connectivity index (χ1) is 29.3. The number of rotatable bonds is 43. The molecule has 0 aromatic rings. The Morgan fingerprint density at radius 3 is 1.35 bits per heavy atom. The lowest BCUT2D eigenvalue weighted by molar-refractivity contribution is -0.302. The second-order valence-electron chi connectivity index (χ2n) is 18.1. The molecule has 0 saturated carbocycles. The fraction of sp³-hybridized carbons (Fsp3) is 0.940. The molecule has 60 heavy (non-hydrogen) atoms. The summed E-state index contributed by atoms with van der Waals surface area (Å²) < 4.78 is 11.2. The van der Waals surface area contributed by atoms with Gasteiger partial charge in [0.15, 0.2) is 6.29 Å². The van der Waals surface area contributed by atoms with Gasteiger partial charge in [0.1, 0.15) is 30.5 Å². The standard InChI is InChI=1S/C50H97NO9/c1-3-5-7-9-11-13-15-17-18-19-20-21-22-23-24-25-27-29-31-33-35-37-39-44(54)49(58)51-42(41-59-50-48(57)47(56)46(55)45(40-52)60-50)43(53)38-36-34-32-30-28-26-16-14-12-10-8-6-4-2/h36,38,42-48,50,52-57H,3-35,37,39-41H2,1-2H3,(H,51,58)/b38-36+. The van der Waals surface area contributed by atoms with Crippen LogP contribution in [-0.4, -0.2) is 98.7 Å². The van der Waals surface area contributed by atoms with Crippen LogP contribution in [0, 0.1) is 0 Å². The molecule has 1 amide bonds. The number of carbonyl (C=O) groups excluding carboxylic acids is 1. The number of hydrogen-bond donors (Lipinski definition) is 7. The topological polar surface area (TPSA) is 169 Å². The second kappa shape index (κ2) is 40.7. The van der Waals surface area contributed by atoms with E-state index in [2.05, 4.69) is 19.2 Å². The summed E-state index contributed by atoms with van der Waals surface area (Å²) in [6.07, 6.45) is 37.3. The van der Waals surface area contributed by atoms with Crippen molar-refractivity contribution in [3.63, 3.8) is 0 Å². The van der Waals surface area contributed by atoms with Crippen molar-refractivity contribution in [3.8, 4) is 0 Å². The molecule has 8 unspecified atom stereocenters. The van der Waals surface area contributed by atoms with Crippen LogP contribution in [0.4, 0.5) is 0 Å². The van der Waals surface area contributed by atoms with E-state index in [0.29, 0.717) is 6.42 Å². The number of aliphatic hydroxyl groups excluding tert-OH is 6. The highest BCUT2D eigenvalue weighted by atomic mass is 16.7. The Morgan fingerprint density at radius 2 is 0.950 bits per heavy atom. The van der Waals surface area contributed by atoms with Crippen LogP contribution >= 0.6 is 0 Å². The first-order valence-electron chi connectivity index (χ1n) is 25.5.